The van der Waals surface area contributed by atoms with E-state index in [0.29, 0.717) is 18.9 Å². The second kappa shape index (κ2) is 5.72. The van der Waals surface area contributed by atoms with Crippen molar-refractivity contribution in [2.75, 3.05) is 6.54 Å². The second-order valence-corrected chi connectivity index (χ2v) is 4.56. The largest absolute Gasteiger partial charge is 0.440 e. The predicted molar refractivity (Wildman–Crippen MR) is 80.1 cm³/mol. The molecule has 0 fully saturated rings. The van der Waals surface area contributed by atoms with Gasteiger partial charge in [-0.3, -0.25) is 0 Å². The number of hydrogen-bond donors (Lipinski definition) is 1. The molecule has 2 N–H and O–H groups in total. The highest BCUT2D eigenvalue weighted by molar-refractivity contribution is 5.76. The summed E-state index contributed by atoms with van der Waals surface area (Å²) in [5.74, 6) is 1.49. The van der Waals surface area contributed by atoms with Crippen molar-refractivity contribution < 1.29 is 4.42 Å². The molecule has 0 saturated carbocycles. The number of aromatic nitrogens is 1. The van der Waals surface area contributed by atoms with E-state index in [9.17, 15) is 0 Å². The molecule has 0 spiro atoms. The van der Waals surface area contributed by atoms with Gasteiger partial charge in [0.25, 0.3) is 0 Å². The number of hydrogen-bond acceptors (Lipinski definition) is 3. The van der Waals surface area contributed by atoms with Crippen LogP contribution in [0.3, 0.4) is 0 Å². The molecule has 3 rings (SSSR count). The molecule has 3 aromatic rings. The van der Waals surface area contributed by atoms with Crippen LogP contribution in [0.4, 0.5) is 0 Å². The first-order chi connectivity index (χ1) is 9.88. The summed E-state index contributed by atoms with van der Waals surface area (Å²) in [5.41, 5.74) is 8.56. The van der Waals surface area contributed by atoms with E-state index in [-0.39, 0.29) is 0 Å². The molecule has 0 aliphatic carbocycles. The zero-order valence-corrected chi connectivity index (χ0v) is 11.1. The fourth-order valence-corrected chi connectivity index (χ4v) is 2.17. The van der Waals surface area contributed by atoms with Gasteiger partial charge in [0.05, 0.1) is 0 Å². The van der Waals surface area contributed by atoms with Gasteiger partial charge in [0.15, 0.2) is 11.7 Å². The fourth-order valence-electron chi connectivity index (χ4n) is 2.17. The minimum atomic E-state index is 0.531. The van der Waals surface area contributed by atoms with E-state index in [1.54, 1.807) is 0 Å². The van der Waals surface area contributed by atoms with Gasteiger partial charge in [-0.2, -0.15) is 0 Å². The highest BCUT2D eigenvalue weighted by Gasteiger charge is 2.15. The molecule has 20 heavy (non-hydrogen) atoms. The Morgan fingerprint density at radius 1 is 0.850 bits per heavy atom. The third-order valence-electron chi connectivity index (χ3n) is 3.11. The van der Waals surface area contributed by atoms with E-state index in [0.717, 1.165) is 22.6 Å². The Labute approximate surface area is 118 Å². The van der Waals surface area contributed by atoms with E-state index in [1.807, 2.05) is 60.7 Å². The molecule has 0 unspecified atom stereocenters. The molecule has 0 aliphatic heterocycles. The first-order valence-electron chi connectivity index (χ1n) is 6.69. The van der Waals surface area contributed by atoms with Gasteiger partial charge >= 0.3 is 0 Å². The molecule has 0 atom stereocenters. The first kappa shape index (κ1) is 12.6. The summed E-state index contributed by atoms with van der Waals surface area (Å²) in [6.45, 7) is 0.531. The van der Waals surface area contributed by atoms with Gasteiger partial charge in [-0.05, 0) is 0 Å². The molecule has 3 heteroatoms. The van der Waals surface area contributed by atoms with Gasteiger partial charge in [0.2, 0.25) is 0 Å². The molecule has 0 amide bonds. The van der Waals surface area contributed by atoms with E-state index in [2.05, 4.69) is 4.98 Å². The van der Waals surface area contributed by atoms with Gasteiger partial charge in [0, 0.05) is 24.1 Å². The molecule has 1 aromatic heterocycles. The molecule has 0 saturated heterocycles. The minimum Gasteiger partial charge on any atom is -0.440 e. The summed E-state index contributed by atoms with van der Waals surface area (Å²) in [7, 11) is 0. The summed E-state index contributed by atoms with van der Waals surface area (Å²) in [6, 6.07) is 20.1. The molecule has 3 nitrogen and oxygen atoms in total. The lowest BCUT2D eigenvalue weighted by Gasteiger charge is -2.00. The summed E-state index contributed by atoms with van der Waals surface area (Å²) in [5, 5.41) is 0. The third-order valence-corrected chi connectivity index (χ3v) is 3.11. The fraction of sp³-hybridized carbons (Fsp3) is 0.118. The van der Waals surface area contributed by atoms with Crippen LogP contribution < -0.4 is 5.73 Å². The highest BCUT2D eigenvalue weighted by Crippen LogP contribution is 2.32. The summed E-state index contributed by atoms with van der Waals surface area (Å²) in [4.78, 5) is 4.60. The van der Waals surface area contributed by atoms with Crippen molar-refractivity contribution in [3.8, 4) is 22.6 Å². The average Bonchev–Trinajstić information content (AvgIpc) is 2.93. The van der Waals surface area contributed by atoms with Gasteiger partial charge in [-0.1, -0.05) is 60.7 Å². The van der Waals surface area contributed by atoms with Crippen LogP contribution in [0.1, 0.15) is 5.89 Å². The van der Waals surface area contributed by atoms with Gasteiger partial charge < -0.3 is 10.2 Å². The standard InChI is InChI=1S/C17H16N2O/c18-12-11-15-19-16(13-7-3-1-4-8-13)17(20-15)14-9-5-2-6-10-14/h1-10H,11-12,18H2. The predicted octanol–water partition coefficient (Wildman–Crippen LogP) is 3.51. The van der Waals surface area contributed by atoms with Crippen LogP contribution in [0.2, 0.25) is 0 Å². The number of oxazole rings is 1. The van der Waals surface area contributed by atoms with Crippen LogP contribution >= 0.6 is 0 Å². The van der Waals surface area contributed by atoms with Gasteiger partial charge in [-0.25, -0.2) is 4.98 Å². The van der Waals surface area contributed by atoms with Crippen LogP contribution in [0.15, 0.2) is 65.1 Å². The number of rotatable bonds is 4. The number of benzene rings is 2. The van der Waals surface area contributed by atoms with E-state index in [4.69, 9.17) is 10.2 Å². The smallest absolute Gasteiger partial charge is 0.196 e. The molecular formula is C17H16N2O. The molecule has 0 aliphatic rings. The van der Waals surface area contributed by atoms with Crippen LogP contribution in [0.5, 0.6) is 0 Å². The van der Waals surface area contributed by atoms with E-state index >= 15 is 0 Å². The van der Waals surface area contributed by atoms with Crippen molar-refractivity contribution >= 4 is 0 Å². The third kappa shape index (κ3) is 2.49. The van der Waals surface area contributed by atoms with Crippen molar-refractivity contribution in [3.63, 3.8) is 0 Å². The van der Waals surface area contributed by atoms with Crippen molar-refractivity contribution in [2.45, 2.75) is 6.42 Å². The Morgan fingerprint density at radius 2 is 1.45 bits per heavy atom. The highest BCUT2D eigenvalue weighted by atomic mass is 16.4. The molecule has 2 aromatic carbocycles. The summed E-state index contributed by atoms with van der Waals surface area (Å²) < 4.78 is 5.90. The van der Waals surface area contributed by atoms with Crippen molar-refractivity contribution in [1.29, 1.82) is 0 Å². The molecule has 1 heterocycles. The monoisotopic (exact) mass is 264 g/mol. The summed E-state index contributed by atoms with van der Waals surface area (Å²) in [6.07, 6.45) is 0.646. The van der Waals surface area contributed by atoms with Crippen LogP contribution in [-0.4, -0.2) is 11.5 Å². The Hall–Kier alpha value is -2.39. The van der Waals surface area contributed by atoms with Crippen LogP contribution in [0, 0.1) is 0 Å². The van der Waals surface area contributed by atoms with E-state index < -0.39 is 0 Å². The number of nitrogens with zero attached hydrogens (tertiary/aromatic N) is 1. The zero-order chi connectivity index (χ0) is 13.8. The first-order valence-corrected chi connectivity index (χ1v) is 6.69. The minimum absolute atomic E-state index is 0.531. The molecular weight excluding hydrogens is 248 g/mol. The Balaban J connectivity index is 2.13. The van der Waals surface area contributed by atoms with Gasteiger partial charge in [-0.15, -0.1) is 0 Å². The van der Waals surface area contributed by atoms with Crippen molar-refractivity contribution in [2.24, 2.45) is 5.73 Å². The van der Waals surface area contributed by atoms with E-state index in [1.165, 1.54) is 0 Å². The topological polar surface area (TPSA) is 52.0 Å². The van der Waals surface area contributed by atoms with Crippen molar-refractivity contribution in [1.82, 2.24) is 4.98 Å². The SMILES string of the molecule is NCCc1nc(-c2ccccc2)c(-c2ccccc2)o1. The lowest BCUT2D eigenvalue weighted by molar-refractivity contribution is 0.508. The summed E-state index contributed by atoms with van der Waals surface area (Å²) >= 11 is 0. The number of nitrogens with two attached hydrogens (primary N) is 1. The van der Waals surface area contributed by atoms with Crippen molar-refractivity contribution in [3.05, 3.63) is 66.6 Å². The quantitative estimate of drug-likeness (QED) is 0.784. The lowest BCUT2D eigenvalue weighted by Crippen LogP contribution is -2.02. The van der Waals surface area contributed by atoms with Crippen LogP contribution in [0.25, 0.3) is 22.6 Å². The molecule has 0 bridgehead atoms. The van der Waals surface area contributed by atoms with Crippen LogP contribution in [-0.2, 0) is 6.42 Å². The zero-order valence-electron chi connectivity index (χ0n) is 11.1. The molecule has 100 valence electrons. The maximum atomic E-state index is 5.90. The Morgan fingerprint density at radius 3 is 2.05 bits per heavy atom. The second-order valence-electron chi connectivity index (χ2n) is 4.56. The Kier molecular flexibility index (Phi) is 3.61. The maximum Gasteiger partial charge on any atom is 0.196 e. The molecule has 0 radical (unpaired) electrons. The maximum absolute atomic E-state index is 5.90. The van der Waals surface area contributed by atoms with Gasteiger partial charge in [0.1, 0.15) is 5.69 Å². The Bertz CT molecular complexity index is 618. The lowest BCUT2D eigenvalue weighted by atomic mass is 10.1. The normalized spacial score (nSPS) is 10.7. The average molecular weight is 264 g/mol.